The zero-order chi connectivity index (χ0) is 13.1. The topological polar surface area (TPSA) is 47.0 Å². The van der Waals surface area contributed by atoms with Gasteiger partial charge in [0.1, 0.15) is 11.9 Å². The van der Waals surface area contributed by atoms with Gasteiger partial charge in [-0.3, -0.25) is 0 Å². The highest BCUT2D eigenvalue weighted by Gasteiger charge is 2.24. The second kappa shape index (κ2) is 5.97. The number of anilines is 1. The summed E-state index contributed by atoms with van der Waals surface area (Å²) in [6.45, 7) is 8.01. The zero-order valence-corrected chi connectivity index (χ0v) is 12.7. The van der Waals surface area contributed by atoms with Crippen LogP contribution in [0.5, 0.6) is 0 Å². The molecule has 0 saturated carbocycles. The first kappa shape index (κ1) is 13.7. The summed E-state index contributed by atoms with van der Waals surface area (Å²) in [5.74, 6) is 2.05. The Kier molecular flexibility index (Phi) is 4.56. The van der Waals surface area contributed by atoms with Gasteiger partial charge in [0.2, 0.25) is 0 Å². The molecule has 1 N–H and O–H groups in total. The molecule has 1 atom stereocenters. The molecule has 1 aromatic rings. The molecule has 1 saturated heterocycles. The molecular weight excluding hydrogens is 294 g/mol. The van der Waals surface area contributed by atoms with Crippen LogP contribution in [0.4, 0.5) is 5.82 Å². The molecule has 0 aliphatic carbocycles. The van der Waals surface area contributed by atoms with Crippen molar-refractivity contribution < 1.29 is 4.74 Å². The van der Waals surface area contributed by atoms with Crippen molar-refractivity contribution in [3.8, 4) is 0 Å². The third kappa shape index (κ3) is 2.83. The molecule has 1 fully saturated rings. The molecule has 2 rings (SSSR count). The standard InChI is InChI=1S/C13H20BrN3O/c1-4-15-13-10(14)11(8(2)3)16-12(17-13)9-6-5-7-18-9/h8-9H,4-7H2,1-3H3,(H,15,16,17). The largest absolute Gasteiger partial charge is 0.370 e. The van der Waals surface area contributed by atoms with Crippen LogP contribution < -0.4 is 5.32 Å². The van der Waals surface area contributed by atoms with Crippen molar-refractivity contribution in [2.45, 2.75) is 45.6 Å². The fraction of sp³-hybridized carbons (Fsp3) is 0.692. The first-order valence-electron chi connectivity index (χ1n) is 6.56. The minimum atomic E-state index is 0.0630. The number of halogens is 1. The highest BCUT2D eigenvalue weighted by Crippen LogP contribution is 2.33. The molecular formula is C13H20BrN3O. The van der Waals surface area contributed by atoms with E-state index in [1.165, 1.54) is 0 Å². The Morgan fingerprint density at radius 3 is 2.78 bits per heavy atom. The molecule has 1 aliphatic rings. The van der Waals surface area contributed by atoms with Crippen molar-refractivity contribution in [2.75, 3.05) is 18.5 Å². The van der Waals surface area contributed by atoms with Crippen LogP contribution in [-0.2, 0) is 4.74 Å². The lowest BCUT2D eigenvalue weighted by Gasteiger charge is -2.16. The maximum atomic E-state index is 5.68. The molecule has 5 heteroatoms. The molecule has 2 heterocycles. The third-order valence-corrected chi connectivity index (χ3v) is 3.78. The van der Waals surface area contributed by atoms with E-state index in [-0.39, 0.29) is 6.10 Å². The number of hydrogen-bond donors (Lipinski definition) is 1. The first-order valence-corrected chi connectivity index (χ1v) is 7.35. The summed E-state index contributed by atoms with van der Waals surface area (Å²) in [6.07, 6.45) is 2.18. The van der Waals surface area contributed by atoms with Crippen molar-refractivity contribution in [1.82, 2.24) is 9.97 Å². The average Bonchev–Trinajstić information content (AvgIpc) is 2.85. The number of hydrogen-bond acceptors (Lipinski definition) is 4. The van der Waals surface area contributed by atoms with Gasteiger partial charge in [0.05, 0.1) is 10.2 Å². The fourth-order valence-corrected chi connectivity index (χ4v) is 2.85. The molecule has 100 valence electrons. The fourth-order valence-electron chi connectivity index (χ4n) is 2.07. The monoisotopic (exact) mass is 313 g/mol. The summed E-state index contributed by atoms with van der Waals surface area (Å²) in [7, 11) is 0. The summed E-state index contributed by atoms with van der Waals surface area (Å²) in [5.41, 5.74) is 1.05. The molecule has 0 amide bonds. The lowest BCUT2D eigenvalue weighted by atomic mass is 10.1. The maximum Gasteiger partial charge on any atom is 0.159 e. The van der Waals surface area contributed by atoms with Gasteiger partial charge in [0.15, 0.2) is 5.82 Å². The van der Waals surface area contributed by atoms with E-state index in [1.54, 1.807) is 0 Å². The Labute approximate surface area is 117 Å². The summed E-state index contributed by atoms with van der Waals surface area (Å²) in [4.78, 5) is 9.27. The quantitative estimate of drug-likeness (QED) is 0.921. The van der Waals surface area contributed by atoms with Crippen LogP contribution >= 0.6 is 15.9 Å². The van der Waals surface area contributed by atoms with E-state index in [0.717, 1.165) is 47.8 Å². The highest BCUT2D eigenvalue weighted by molar-refractivity contribution is 9.10. The van der Waals surface area contributed by atoms with Crippen LogP contribution in [0.3, 0.4) is 0 Å². The molecule has 1 aromatic heterocycles. The second-order valence-electron chi connectivity index (χ2n) is 4.82. The van der Waals surface area contributed by atoms with Crippen LogP contribution in [0.15, 0.2) is 4.47 Å². The predicted molar refractivity (Wildman–Crippen MR) is 75.9 cm³/mol. The van der Waals surface area contributed by atoms with E-state index in [9.17, 15) is 0 Å². The maximum absolute atomic E-state index is 5.68. The Morgan fingerprint density at radius 2 is 2.22 bits per heavy atom. The molecule has 1 unspecified atom stereocenters. The van der Waals surface area contributed by atoms with Gasteiger partial charge >= 0.3 is 0 Å². The third-order valence-electron chi connectivity index (χ3n) is 3.00. The van der Waals surface area contributed by atoms with Gasteiger partial charge < -0.3 is 10.1 Å². The van der Waals surface area contributed by atoms with Gasteiger partial charge in [-0.15, -0.1) is 0 Å². The van der Waals surface area contributed by atoms with Crippen molar-refractivity contribution in [1.29, 1.82) is 0 Å². The summed E-state index contributed by atoms with van der Waals surface area (Å²) < 4.78 is 6.65. The number of ether oxygens (including phenoxy) is 1. The Balaban J connectivity index is 2.40. The van der Waals surface area contributed by atoms with Gasteiger partial charge in [0, 0.05) is 13.2 Å². The summed E-state index contributed by atoms with van der Waals surface area (Å²) in [6, 6.07) is 0. The van der Waals surface area contributed by atoms with Crippen molar-refractivity contribution in [3.63, 3.8) is 0 Å². The van der Waals surface area contributed by atoms with E-state index in [2.05, 4.69) is 52.0 Å². The van der Waals surface area contributed by atoms with Crippen LogP contribution in [-0.4, -0.2) is 23.1 Å². The highest BCUT2D eigenvalue weighted by atomic mass is 79.9. The normalized spacial score (nSPS) is 19.5. The second-order valence-corrected chi connectivity index (χ2v) is 5.61. The van der Waals surface area contributed by atoms with Gasteiger partial charge in [-0.2, -0.15) is 0 Å². The Morgan fingerprint density at radius 1 is 1.44 bits per heavy atom. The van der Waals surface area contributed by atoms with E-state index in [4.69, 9.17) is 4.74 Å². The first-order chi connectivity index (χ1) is 8.63. The van der Waals surface area contributed by atoms with Crippen LogP contribution in [0.1, 0.15) is 57.2 Å². The minimum Gasteiger partial charge on any atom is -0.370 e. The molecule has 18 heavy (non-hydrogen) atoms. The van der Waals surface area contributed by atoms with E-state index in [1.807, 2.05) is 0 Å². The van der Waals surface area contributed by atoms with E-state index >= 15 is 0 Å². The molecule has 0 spiro atoms. The van der Waals surface area contributed by atoms with Crippen molar-refractivity contribution in [3.05, 3.63) is 16.0 Å². The minimum absolute atomic E-state index is 0.0630. The number of nitrogens with one attached hydrogen (secondary N) is 1. The van der Waals surface area contributed by atoms with E-state index in [0.29, 0.717) is 5.92 Å². The number of rotatable bonds is 4. The predicted octanol–water partition coefficient (Wildman–Crippen LogP) is 3.65. The lowest BCUT2D eigenvalue weighted by molar-refractivity contribution is 0.105. The Hall–Kier alpha value is -0.680. The van der Waals surface area contributed by atoms with Gasteiger partial charge in [-0.1, -0.05) is 13.8 Å². The van der Waals surface area contributed by atoms with Crippen molar-refractivity contribution in [2.24, 2.45) is 0 Å². The van der Waals surface area contributed by atoms with Crippen LogP contribution in [0.25, 0.3) is 0 Å². The summed E-state index contributed by atoms with van der Waals surface area (Å²) in [5, 5.41) is 3.28. The average molecular weight is 314 g/mol. The Bertz CT molecular complexity index is 417. The van der Waals surface area contributed by atoms with Crippen molar-refractivity contribution >= 4 is 21.7 Å². The van der Waals surface area contributed by atoms with Crippen LogP contribution in [0.2, 0.25) is 0 Å². The lowest BCUT2D eigenvalue weighted by Crippen LogP contribution is -2.11. The van der Waals surface area contributed by atoms with E-state index < -0.39 is 0 Å². The molecule has 1 aliphatic heterocycles. The van der Waals surface area contributed by atoms with Gasteiger partial charge in [0.25, 0.3) is 0 Å². The number of nitrogens with zero attached hydrogens (tertiary/aromatic N) is 2. The zero-order valence-electron chi connectivity index (χ0n) is 11.2. The molecule has 0 aromatic carbocycles. The van der Waals surface area contributed by atoms with Gasteiger partial charge in [-0.25, -0.2) is 9.97 Å². The molecule has 4 nitrogen and oxygen atoms in total. The smallest absolute Gasteiger partial charge is 0.159 e. The number of aromatic nitrogens is 2. The van der Waals surface area contributed by atoms with Crippen LogP contribution in [0, 0.1) is 0 Å². The SMILES string of the molecule is CCNc1nc(C2CCCO2)nc(C(C)C)c1Br. The van der Waals surface area contributed by atoms with Gasteiger partial charge in [-0.05, 0) is 41.6 Å². The molecule has 0 radical (unpaired) electrons. The summed E-state index contributed by atoms with van der Waals surface area (Å²) >= 11 is 3.60. The molecule has 0 bridgehead atoms.